The first-order chi connectivity index (χ1) is 8.33. The van der Waals surface area contributed by atoms with Gasteiger partial charge in [0.2, 0.25) is 0 Å². The summed E-state index contributed by atoms with van der Waals surface area (Å²) in [4.78, 5) is 19.0. The van der Waals surface area contributed by atoms with E-state index in [4.69, 9.17) is 0 Å². The molecular weight excluding hydrogens is 234 g/mol. The molecule has 4 nitrogen and oxygen atoms in total. The number of rotatable bonds is 4. The summed E-state index contributed by atoms with van der Waals surface area (Å²) in [6.07, 6.45) is 4.03. The molecule has 2 aromatic rings. The number of nitrogens with one attached hydrogen (secondary N) is 2. The molecule has 0 atom stereocenters. The summed E-state index contributed by atoms with van der Waals surface area (Å²) in [6, 6.07) is 1.89. The van der Waals surface area contributed by atoms with E-state index in [1.54, 1.807) is 0 Å². The molecule has 0 aromatic carbocycles. The van der Waals surface area contributed by atoms with Crippen LogP contribution in [0.3, 0.4) is 0 Å². The molecule has 3 rings (SSSR count). The van der Waals surface area contributed by atoms with Crippen LogP contribution in [0.25, 0.3) is 10.2 Å². The normalized spacial score (nSPS) is 16.2. The van der Waals surface area contributed by atoms with Crippen molar-refractivity contribution >= 4 is 21.6 Å². The van der Waals surface area contributed by atoms with E-state index in [1.807, 2.05) is 11.4 Å². The second-order valence-electron chi connectivity index (χ2n) is 4.58. The van der Waals surface area contributed by atoms with E-state index >= 15 is 0 Å². The van der Waals surface area contributed by atoms with Gasteiger partial charge in [-0.1, -0.05) is 6.42 Å². The van der Waals surface area contributed by atoms with E-state index < -0.39 is 0 Å². The predicted molar refractivity (Wildman–Crippen MR) is 69.3 cm³/mol. The Labute approximate surface area is 103 Å². The summed E-state index contributed by atoms with van der Waals surface area (Å²) in [5, 5.41) is 5.26. The minimum Gasteiger partial charge on any atom is -0.310 e. The van der Waals surface area contributed by atoms with Crippen molar-refractivity contribution in [1.29, 1.82) is 0 Å². The van der Waals surface area contributed by atoms with Gasteiger partial charge < -0.3 is 10.3 Å². The lowest BCUT2D eigenvalue weighted by Gasteiger charge is -2.25. The van der Waals surface area contributed by atoms with Gasteiger partial charge in [0.25, 0.3) is 5.56 Å². The third-order valence-electron chi connectivity index (χ3n) is 3.31. The highest BCUT2D eigenvalue weighted by Gasteiger charge is 2.16. The molecule has 90 valence electrons. The summed E-state index contributed by atoms with van der Waals surface area (Å²) in [5.74, 6) is 1.56. The maximum absolute atomic E-state index is 11.7. The third-order valence-corrected chi connectivity index (χ3v) is 4.22. The maximum atomic E-state index is 11.7. The molecule has 0 saturated heterocycles. The van der Waals surface area contributed by atoms with Crippen LogP contribution in [-0.4, -0.2) is 16.5 Å². The molecule has 1 aliphatic carbocycles. The first kappa shape index (κ1) is 10.9. The van der Waals surface area contributed by atoms with Gasteiger partial charge in [-0.3, -0.25) is 4.79 Å². The fraction of sp³-hybridized carbons (Fsp3) is 0.500. The second kappa shape index (κ2) is 4.58. The fourth-order valence-corrected chi connectivity index (χ4v) is 2.82. The van der Waals surface area contributed by atoms with Gasteiger partial charge in [0.1, 0.15) is 10.5 Å². The lowest BCUT2D eigenvalue weighted by molar-refractivity contribution is 0.300. The van der Waals surface area contributed by atoms with Crippen LogP contribution in [0.4, 0.5) is 0 Å². The lowest BCUT2D eigenvalue weighted by Crippen LogP contribution is -2.28. The molecule has 17 heavy (non-hydrogen) atoms. The second-order valence-corrected chi connectivity index (χ2v) is 5.49. The number of H-pyrrole nitrogens is 1. The average Bonchev–Trinajstić information content (AvgIpc) is 2.70. The van der Waals surface area contributed by atoms with Gasteiger partial charge in [0, 0.05) is 0 Å². The number of hydrogen-bond acceptors (Lipinski definition) is 4. The number of nitrogens with zero attached hydrogens (tertiary/aromatic N) is 1. The molecule has 0 unspecified atom stereocenters. The largest absolute Gasteiger partial charge is 0.310 e. The first-order valence-corrected chi connectivity index (χ1v) is 6.88. The van der Waals surface area contributed by atoms with E-state index in [9.17, 15) is 4.79 Å². The predicted octanol–water partition coefficient (Wildman–Crippen LogP) is 1.87. The topological polar surface area (TPSA) is 57.8 Å². The number of aromatic amines is 1. The molecule has 1 aliphatic rings. The molecule has 0 spiro atoms. The first-order valence-electron chi connectivity index (χ1n) is 6.00. The highest BCUT2D eigenvalue weighted by atomic mass is 32.1. The van der Waals surface area contributed by atoms with Crippen LogP contribution in [0.5, 0.6) is 0 Å². The Bertz CT molecular complexity index is 570. The van der Waals surface area contributed by atoms with E-state index in [1.165, 1.54) is 30.6 Å². The van der Waals surface area contributed by atoms with Crippen molar-refractivity contribution in [2.24, 2.45) is 5.92 Å². The SMILES string of the molecule is O=c1[nH]c(CNCC2CCC2)nc2ccsc12. The van der Waals surface area contributed by atoms with Crippen molar-refractivity contribution in [3.63, 3.8) is 0 Å². The standard InChI is InChI=1S/C12H15N3OS/c16-12-11-9(4-5-17-11)14-10(15-12)7-13-6-8-2-1-3-8/h4-5,8,13H,1-3,6-7H2,(H,14,15,16). The van der Waals surface area contributed by atoms with Gasteiger partial charge in [-0.15, -0.1) is 11.3 Å². The number of fused-ring (bicyclic) bond motifs is 1. The summed E-state index contributed by atoms with van der Waals surface area (Å²) in [6.45, 7) is 1.68. The van der Waals surface area contributed by atoms with Crippen LogP contribution in [0.2, 0.25) is 0 Å². The van der Waals surface area contributed by atoms with Crippen LogP contribution >= 0.6 is 11.3 Å². The molecule has 2 aromatic heterocycles. The summed E-state index contributed by atoms with van der Waals surface area (Å²) in [5.41, 5.74) is 0.782. The molecular formula is C12H15N3OS. The molecule has 0 radical (unpaired) electrons. The van der Waals surface area contributed by atoms with Gasteiger partial charge in [-0.25, -0.2) is 4.98 Å². The zero-order chi connectivity index (χ0) is 11.7. The maximum Gasteiger partial charge on any atom is 0.268 e. The van der Waals surface area contributed by atoms with Crippen molar-refractivity contribution in [3.8, 4) is 0 Å². The van der Waals surface area contributed by atoms with Crippen molar-refractivity contribution in [2.45, 2.75) is 25.8 Å². The Balaban J connectivity index is 1.69. The Morgan fingerprint density at radius 1 is 1.53 bits per heavy atom. The highest BCUT2D eigenvalue weighted by molar-refractivity contribution is 7.17. The third kappa shape index (κ3) is 2.25. The Morgan fingerprint density at radius 2 is 2.41 bits per heavy atom. The quantitative estimate of drug-likeness (QED) is 0.869. The van der Waals surface area contributed by atoms with Crippen LogP contribution in [0, 0.1) is 5.92 Å². The minimum atomic E-state index is -0.0227. The Hall–Kier alpha value is -1.20. The number of thiophene rings is 1. The van der Waals surface area contributed by atoms with Crippen LogP contribution in [-0.2, 0) is 6.54 Å². The molecule has 1 saturated carbocycles. The van der Waals surface area contributed by atoms with Gasteiger partial charge in [0.15, 0.2) is 0 Å². The van der Waals surface area contributed by atoms with Crippen molar-refractivity contribution in [1.82, 2.24) is 15.3 Å². The molecule has 0 bridgehead atoms. The smallest absolute Gasteiger partial charge is 0.268 e. The summed E-state index contributed by atoms with van der Waals surface area (Å²) < 4.78 is 0.716. The van der Waals surface area contributed by atoms with E-state index in [-0.39, 0.29) is 5.56 Å². The zero-order valence-electron chi connectivity index (χ0n) is 9.53. The Morgan fingerprint density at radius 3 is 3.18 bits per heavy atom. The van der Waals surface area contributed by atoms with Crippen molar-refractivity contribution in [2.75, 3.05) is 6.54 Å². The van der Waals surface area contributed by atoms with Crippen molar-refractivity contribution < 1.29 is 0 Å². The van der Waals surface area contributed by atoms with Gasteiger partial charge in [0.05, 0.1) is 12.1 Å². The van der Waals surface area contributed by atoms with Crippen LogP contribution in [0.15, 0.2) is 16.2 Å². The Kier molecular flexibility index (Phi) is 2.94. The van der Waals surface area contributed by atoms with Crippen molar-refractivity contribution in [3.05, 3.63) is 27.6 Å². The monoisotopic (exact) mass is 249 g/mol. The van der Waals surface area contributed by atoms with Crippen LogP contribution in [0.1, 0.15) is 25.1 Å². The molecule has 2 heterocycles. The molecule has 0 amide bonds. The van der Waals surface area contributed by atoms with E-state index in [0.29, 0.717) is 11.2 Å². The lowest BCUT2D eigenvalue weighted by atomic mass is 9.85. The summed E-state index contributed by atoms with van der Waals surface area (Å²) in [7, 11) is 0. The molecule has 0 aliphatic heterocycles. The number of hydrogen-bond donors (Lipinski definition) is 2. The molecule has 5 heteroatoms. The van der Waals surface area contributed by atoms with E-state index in [2.05, 4.69) is 15.3 Å². The van der Waals surface area contributed by atoms with Gasteiger partial charge in [-0.2, -0.15) is 0 Å². The number of aromatic nitrogens is 2. The van der Waals surface area contributed by atoms with E-state index in [0.717, 1.165) is 23.8 Å². The summed E-state index contributed by atoms with van der Waals surface area (Å²) >= 11 is 1.44. The molecule has 1 fully saturated rings. The molecule has 2 N–H and O–H groups in total. The minimum absolute atomic E-state index is 0.0227. The fourth-order valence-electron chi connectivity index (χ4n) is 2.10. The zero-order valence-corrected chi connectivity index (χ0v) is 10.3. The highest BCUT2D eigenvalue weighted by Crippen LogP contribution is 2.25. The van der Waals surface area contributed by atoms with Crippen LogP contribution < -0.4 is 10.9 Å². The van der Waals surface area contributed by atoms with Gasteiger partial charge >= 0.3 is 0 Å². The average molecular weight is 249 g/mol. The van der Waals surface area contributed by atoms with Gasteiger partial charge in [-0.05, 0) is 36.8 Å².